The third kappa shape index (κ3) is 9.89. The van der Waals surface area contributed by atoms with Gasteiger partial charge in [0.2, 0.25) is 0 Å². The molecule has 0 amide bonds. The van der Waals surface area contributed by atoms with Gasteiger partial charge >= 0.3 is 6.36 Å². The van der Waals surface area contributed by atoms with E-state index < -0.39 is 6.36 Å². The largest absolute Gasteiger partial charge is 0.573 e. The van der Waals surface area contributed by atoms with Gasteiger partial charge in [0.15, 0.2) is 0 Å². The summed E-state index contributed by atoms with van der Waals surface area (Å²) in [4.78, 5) is 0. The van der Waals surface area contributed by atoms with Crippen LogP contribution in [-0.2, 0) is 0 Å². The Balaban J connectivity index is 2.29. The quantitative estimate of drug-likeness (QED) is 0.373. The van der Waals surface area contributed by atoms with Crippen molar-refractivity contribution in [1.29, 1.82) is 0 Å². The van der Waals surface area contributed by atoms with Crippen LogP contribution in [0.15, 0.2) is 24.3 Å². The number of rotatable bonds is 9. The van der Waals surface area contributed by atoms with Gasteiger partial charge in [-0.25, -0.2) is 0 Å². The lowest BCUT2D eigenvalue weighted by Crippen LogP contribution is -2.17. The minimum Gasteiger partial charge on any atom is -0.404 e. The van der Waals surface area contributed by atoms with Gasteiger partial charge in [0.05, 0.1) is 5.56 Å². The second-order valence-electron chi connectivity index (χ2n) is 5.57. The molecule has 0 aliphatic carbocycles. The van der Waals surface area contributed by atoms with Crippen LogP contribution in [0.4, 0.5) is 13.2 Å². The second-order valence-corrected chi connectivity index (χ2v) is 5.57. The Hall–Kier alpha value is -1.63. The first-order chi connectivity index (χ1) is 11.0. The van der Waals surface area contributed by atoms with Crippen molar-refractivity contribution in [3.8, 4) is 17.6 Å². The van der Waals surface area contributed by atoms with Crippen LogP contribution in [0.1, 0.15) is 70.3 Å². The highest BCUT2D eigenvalue weighted by Gasteiger charge is 2.31. The lowest BCUT2D eigenvalue weighted by molar-refractivity contribution is -0.274. The van der Waals surface area contributed by atoms with Crippen molar-refractivity contribution in [2.24, 2.45) is 0 Å². The first-order valence-corrected chi connectivity index (χ1v) is 8.36. The Morgan fingerprint density at radius 2 is 1.52 bits per heavy atom. The van der Waals surface area contributed by atoms with E-state index >= 15 is 0 Å². The summed E-state index contributed by atoms with van der Waals surface area (Å²) in [5.74, 6) is 5.49. The molecule has 0 saturated heterocycles. The minimum atomic E-state index is -4.68. The summed E-state index contributed by atoms with van der Waals surface area (Å²) in [5.41, 5.74) is 0.282. The smallest absolute Gasteiger partial charge is 0.404 e. The molecule has 0 saturated carbocycles. The molecule has 0 aliphatic heterocycles. The molecule has 0 unspecified atom stereocenters. The molecule has 0 radical (unpaired) electrons. The van der Waals surface area contributed by atoms with Crippen LogP contribution in [0.2, 0.25) is 0 Å². The number of halogens is 3. The molecule has 23 heavy (non-hydrogen) atoms. The van der Waals surface area contributed by atoms with Crippen LogP contribution in [0.25, 0.3) is 0 Å². The SMILES string of the molecule is CCCCCCCCCCC#Cc1ccccc1OC(F)(F)F. The van der Waals surface area contributed by atoms with E-state index in [4.69, 9.17) is 0 Å². The summed E-state index contributed by atoms with van der Waals surface area (Å²) >= 11 is 0. The first kappa shape index (κ1) is 19.4. The normalized spacial score (nSPS) is 11.0. The molecule has 1 aromatic rings. The minimum absolute atomic E-state index is 0.233. The van der Waals surface area contributed by atoms with Crippen LogP contribution < -0.4 is 4.74 Å². The van der Waals surface area contributed by atoms with Crippen molar-refractivity contribution in [3.63, 3.8) is 0 Å². The standard InChI is InChI=1S/C19H25F3O/c1-2-3-4-5-6-7-8-9-10-11-14-17-15-12-13-16-18(17)23-19(20,21)22/h12-13,15-16H,2-10H2,1H3. The molecular weight excluding hydrogens is 301 g/mol. The molecular formula is C19H25F3O. The highest BCUT2D eigenvalue weighted by molar-refractivity contribution is 5.45. The van der Waals surface area contributed by atoms with E-state index in [2.05, 4.69) is 23.5 Å². The van der Waals surface area contributed by atoms with Gasteiger partial charge in [-0.05, 0) is 18.6 Å². The van der Waals surface area contributed by atoms with E-state index in [1.807, 2.05) is 0 Å². The number of benzene rings is 1. The molecule has 0 spiro atoms. The lowest BCUT2D eigenvalue weighted by atomic mass is 10.1. The molecule has 128 valence electrons. The third-order valence-corrected chi connectivity index (χ3v) is 3.49. The highest BCUT2D eigenvalue weighted by atomic mass is 19.4. The Morgan fingerprint density at radius 3 is 2.17 bits per heavy atom. The van der Waals surface area contributed by atoms with Crippen molar-refractivity contribution in [2.45, 2.75) is 71.1 Å². The van der Waals surface area contributed by atoms with E-state index in [1.165, 1.54) is 50.7 Å². The lowest BCUT2D eigenvalue weighted by Gasteiger charge is -2.09. The Morgan fingerprint density at radius 1 is 0.913 bits per heavy atom. The fourth-order valence-electron chi connectivity index (χ4n) is 2.29. The van der Waals surface area contributed by atoms with Crippen LogP contribution in [-0.4, -0.2) is 6.36 Å². The van der Waals surface area contributed by atoms with Crippen molar-refractivity contribution < 1.29 is 17.9 Å². The maximum atomic E-state index is 12.3. The molecule has 4 heteroatoms. The summed E-state index contributed by atoms with van der Waals surface area (Å²) in [5, 5.41) is 0. The van der Waals surface area contributed by atoms with Gasteiger partial charge in [-0.15, -0.1) is 13.2 Å². The number of unbranched alkanes of at least 4 members (excludes halogenated alkanes) is 8. The zero-order valence-electron chi connectivity index (χ0n) is 13.7. The predicted molar refractivity (Wildman–Crippen MR) is 87.2 cm³/mol. The Kier molecular flexibility index (Phi) is 9.28. The monoisotopic (exact) mass is 326 g/mol. The van der Waals surface area contributed by atoms with Gasteiger partial charge in [-0.2, -0.15) is 0 Å². The number of alkyl halides is 3. The Labute approximate surface area is 137 Å². The predicted octanol–water partition coefficient (Wildman–Crippen LogP) is 6.47. The fraction of sp³-hybridized carbons (Fsp3) is 0.579. The number of ether oxygens (including phenoxy) is 1. The van der Waals surface area contributed by atoms with Crippen LogP contribution in [0, 0.1) is 11.8 Å². The summed E-state index contributed by atoms with van der Waals surface area (Å²) in [6, 6.07) is 5.99. The number of hydrogen-bond donors (Lipinski definition) is 0. The van der Waals surface area contributed by atoms with Crippen molar-refractivity contribution in [2.75, 3.05) is 0 Å². The summed E-state index contributed by atoms with van der Waals surface area (Å²) in [7, 11) is 0. The first-order valence-electron chi connectivity index (χ1n) is 8.36. The molecule has 0 atom stereocenters. The summed E-state index contributed by atoms with van der Waals surface area (Å²) in [6.07, 6.45) is 5.78. The molecule has 1 aromatic carbocycles. The molecule has 0 aliphatic rings. The van der Waals surface area contributed by atoms with Crippen LogP contribution >= 0.6 is 0 Å². The summed E-state index contributed by atoms with van der Waals surface area (Å²) < 4.78 is 40.8. The van der Waals surface area contributed by atoms with Gasteiger partial charge in [-0.3, -0.25) is 0 Å². The highest BCUT2D eigenvalue weighted by Crippen LogP contribution is 2.25. The van der Waals surface area contributed by atoms with Gasteiger partial charge in [-0.1, -0.05) is 75.8 Å². The average molecular weight is 326 g/mol. The van der Waals surface area contributed by atoms with E-state index in [0.29, 0.717) is 6.42 Å². The fourth-order valence-corrected chi connectivity index (χ4v) is 2.29. The topological polar surface area (TPSA) is 9.23 Å². The average Bonchev–Trinajstić information content (AvgIpc) is 2.49. The third-order valence-electron chi connectivity index (χ3n) is 3.49. The molecule has 0 aromatic heterocycles. The van der Waals surface area contributed by atoms with Gasteiger partial charge in [0.25, 0.3) is 0 Å². The molecule has 1 rings (SSSR count). The van der Waals surface area contributed by atoms with Crippen molar-refractivity contribution in [1.82, 2.24) is 0 Å². The van der Waals surface area contributed by atoms with Crippen LogP contribution in [0.5, 0.6) is 5.75 Å². The Bertz CT molecular complexity index is 497. The molecule has 1 nitrogen and oxygen atoms in total. The van der Waals surface area contributed by atoms with E-state index in [-0.39, 0.29) is 11.3 Å². The van der Waals surface area contributed by atoms with Gasteiger partial charge in [0, 0.05) is 6.42 Å². The molecule has 0 fully saturated rings. The van der Waals surface area contributed by atoms with E-state index in [9.17, 15) is 13.2 Å². The molecule has 0 bridgehead atoms. The van der Waals surface area contributed by atoms with Crippen molar-refractivity contribution >= 4 is 0 Å². The van der Waals surface area contributed by atoms with Gasteiger partial charge in [0.1, 0.15) is 5.75 Å². The maximum absolute atomic E-state index is 12.3. The zero-order chi connectivity index (χ0) is 17.0. The van der Waals surface area contributed by atoms with Crippen LogP contribution in [0.3, 0.4) is 0 Å². The van der Waals surface area contributed by atoms with Gasteiger partial charge < -0.3 is 4.74 Å². The number of para-hydroxylation sites is 1. The molecule has 0 N–H and O–H groups in total. The zero-order valence-corrected chi connectivity index (χ0v) is 13.7. The maximum Gasteiger partial charge on any atom is 0.573 e. The van der Waals surface area contributed by atoms with Crippen molar-refractivity contribution in [3.05, 3.63) is 29.8 Å². The summed E-state index contributed by atoms with van der Waals surface area (Å²) in [6.45, 7) is 2.20. The number of hydrogen-bond acceptors (Lipinski definition) is 1. The van der Waals surface area contributed by atoms with E-state index in [1.54, 1.807) is 12.1 Å². The molecule has 0 heterocycles. The van der Waals surface area contributed by atoms with E-state index in [0.717, 1.165) is 12.8 Å². The second kappa shape index (κ2) is 11.0.